The molecule has 2 amide bonds. The molecule has 3 aromatic rings. The Bertz CT molecular complexity index is 962. The Labute approximate surface area is 165 Å². The van der Waals surface area contributed by atoms with E-state index in [9.17, 15) is 14.0 Å². The highest BCUT2D eigenvalue weighted by Gasteiger charge is 2.17. The van der Waals surface area contributed by atoms with Gasteiger partial charge in [-0.15, -0.1) is 11.3 Å². The highest BCUT2D eigenvalue weighted by Crippen LogP contribution is 2.23. The normalized spacial score (nSPS) is 11.5. The third-order valence-corrected chi connectivity index (χ3v) is 4.69. The summed E-state index contributed by atoms with van der Waals surface area (Å²) in [5.74, 6) is -1.62. The molecule has 0 aliphatic rings. The molecule has 1 unspecified atom stereocenters. The van der Waals surface area contributed by atoms with E-state index < -0.39 is 23.7 Å². The van der Waals surface area contributed by atoms with Crippen molar-refractivity contribution in [1.29, 1.82) is 0 Å². The van der Waals surface area contributed by atoms with Crippen LogP contribution in [0.2, 0.25) is 0 Å². The zero-order valence-electron chi connectivity index (χ0n) is 15.0. The number of hydrogen-bond donors (Lipinski definition) is 2. The third kappa shape index (κ3) is 5.14. The standard InChI is InChI=1S/C20H18FN3O3S/c1-13(27-17-10-6-5-9-16(17)21)19(26)24-23-18(25)11-15-12-28-20(22-15)14-7-3-2-4-8-14/h2-10,12-13H,11H2,1H3,(H,23,25)(H,24,26). The molecule has 3 rings (SSSR count). The van der Waals surface area contributed by atoms with Crippen LogP contribution >= 0.6 is 11.3 Å². The molecule has 1 heterocycles. The fourth-order valence-corrected chi connectivity index (χ4v) is 3.15. The van der Waals surface area contributed by atoms with Gasteiger partial charge in [0.25, 0.3) is 5.91 Å². The molecule has 0 spiro atoms. The van der Waals surface area contributed by atoms with Gasteiger partial charge >= 0.3 is 0 Å². The van der Waals surface area contributed by atoms with Crippen molar-refractivity contribution in [2.45, 2.75) is 19.4 Å². The number of nitrogens with zero attached hydrogens (tertiary/aromatic N) is 1. The largest absolute Gasteiger partial charge is 0.478 e. The minimum absolute atomic E-state index is 0.0200. The zero-order valence-corrected chi connectivity index (χ0v) is 15.8. The number of nitrogens with one attached hydrogen (secondary N) is 2. The number of hydrazine groups is 1. The molecule has 1 aromatic heterocycles. The van der Waals surface area contributed by atoms with E-state index in [0.717, 1.165) is 10.6 Å². The number of amides is 2. The van der Waals surface area contributed by atoms with E-state index >= 15 is 0 Å². The Morgan fingerprint density at radius 3 is 2.57 bits per heavy atom. The first kappa shape index (κ1) is 19.5. The monoisotopic (exact) mass is 399 g/mol. The van der Waals surface area contributed by atoms with E-state index in [0.29, 0.717) is 5.69 Å². The van der Waals surface area contributed by atoms with Gasteiger partial charge in [0.1, 0.15) is 5.01 Å². The van der Waals surface area contributed by atoms with Crippen molar-refractivity contribution < 1.29 is 18.7 Å². The summed E-state index contributed by atoms with van der Waals surface area (Å²) in [5, 5.41) is 2.62. The Morgan fingerprint density at radius 1 is 1.11 bits per heavy atom. The summed E-state index contributed by atoms with van der Waals surface area (Å²) in [6.07, 6.45) is -0.965. The quantitative estimate of drug-likeness (QED) is 0.624. The molecule has 1 atom stereocenters. The minimum atomic E-state index is -0.985. The summed E-state index contributed by atoms with van der Waals surface area (Å²) in [6.45, 7) is 1.46. The van der Waals surface area contributed by atoms with Crippen molar-refractivity contribution >= 4 is 23.2 Å². The fraction of sp³-hybridized carbons (Fsp3) is 0.150. The third-order valence-electron chi connectivity index (χ3n) is 3.75. The van der Waals surface area contributed by atoms with Gasteiger partial charge in [0.05, 0.1) is 12.1 Å². The Hall–Kier alpha value is -3.26. The number of carbonyl (C=O) groups excluding carboxylic acids is 2. The van der Waals surface area contributed by atoms with Gasteiger partial charge < -0.3 is 4.74 Å². The van der Waals surface area contributed by atoms with Crippen LogP contribution in [0.15, 0.2) is 60.0 Å². The maximum Gasteiger partial charge on any atom is 0.279 e. The number of rotatable bonds is 6. The Morgan fingerprint density at radius 2 is 1.82 bits per heavy atom. The lowest BCUT2D eigenvalue weighted by Crippen LogP contribution is -2.47. The van der Waals surface area contributed by atoms with Crippen LogP contribution in [0.1, 0.15) is 12.6 Å². The van der Waals surface area contributed by atoms with Crippen LogP contribution in [-0.4, -0.2) is 22.9 Å². The average Bonchev–Trinajstić information content (AvgIpc) is 3.17. The topological polar surface area (TPSA) is 80.3 Å². The van der Waals surface area contributed by atoms with Gasteiger partial charge in [-0.1, -0.05) is 42.5 Å². The van der Waals surface area contributed by atoms with Gasteiger partial charge in [-0.25, -0.2) is 9.37 Å². The second kappa shape index (κ2) is 9.09. The van der Waals surface area contributed by atoms with Gasteiger partial charge in [-0.3, -0.25) is 20.4 Å². The van der Waals surface area contributed by atoms with Gasteiger partial charge in [0, 0.05) is 10.9 Å². The van der Waals surface area contributed by atoms with Crippen LogP contribution in [-0.2, 0) is 16.0 Å². The van der Waals surface area contributed by atoms with Crippen LogP contribution in [0, 0.1) is 5.82 Å². The summed E-state index contributed by atoms with van der Waals surface area (Å²) in [5.41, 5.74) is 6.17. The Kier molecular flexibility index (Phi) is 6.33. The second-order valence-electron chi connectivity index (χ2n) is 5.91. The van der Waals surface area contributed by atoms with Crippen molar-refractivity contribution in [3.63, 3.8) is 0 Å². The molecule has 8 heteroatoms. The van der Waals surface area contributed by atoms with Gasteiger partial charge in [-0.2, -0.15) is 0 Å². The van der Waals surface area contributed by atoms with Crippen molar-refractivity contribution in [2.75, 3.05) is 0 Å². The fourth-order valence-electron chi connectivity index (χ4n) is 2.33. The van der Waals surface area contributed by atoms with Crippen molar-refractivity contribution in [2.24, 2.45) is 0 Å². The summed E-state index contributed by atoms with van der Waals surface area (Å²) in [7, 11) is 0. The van der Waals surface area contributed by atoms with Crippen molar-refractivity contribution in [1.82, 2.24) is 15.8 Å². The summed E-state index contributed by atoms with van der Waals surface area (Å²) in [4.78, 5) is 28.5. The number of carbonyl (C=O) groups is 2. The summed E-state index contributed by atoms with van der Waals surface area (Å²) in [6, 6.07) is 15.4. The maximum atomic E-state index is 13.6. The van der Waals surface area contributed by atoms with Crippen LogP contribution < -0.4 is 15.6 Å². The smallest absolute Gasteiger partial charge is 0.279 e. The lowest BCUT2D eigenvalue weighted by atomic mass is 10.2. The lowest BCUT2D eigenvalue weighted by molar-refractivity contribution is -0.132. The average molecular weight is 399 g/mol. The number of benzene rings is 2. The molecule has 0 saturated carbocycles. The molecule has 2 N–H and O–H groups in total. The number of ether oxygens (including phenoxy) is 1. The molecule has 2 aromatic carbocycles. The number of halogens is 1. The van der Waals surface area contributed by atoms with Crippen LogP contribution in [0.25, 0.3) is 10.6 Å². The van der Waals surface area contributed by atoms with E-state index in [2.05, 4.69) is 15.8 Å². The van der Waals surface area contributed by atoms with E-state index in [4.69, 9.17) is 4.74 Å². The van der Waals surface area contributed by atoms with E-state index in [1.165, 1.54) is 36.5 Å². The predicted molar refractivity (Wildman–Crippen MR) is 104 cm³/mol. The summed E-state index contributed by atoms with van der Waals surface area (Å²) < 4.78 is 18.8. The predicted octanol–water partition coefficient (Wildman–Crippen LogP) is 3.11. The Balaban J connectivity index is 1.48. The molecule has 0 aliphatic heterocycles. The van der Waals surface area contributed by atoms with E-state index in [1.54, 1.807) is 11.4 Å². The molecular formula is C20H18FN3O3S. The SMILES string of the molecule is CC(Oc1ccccc1F)C(=O)NNC(=O)Cc1csc(-c2ccccc2)n1. The molecule has 28 heavy (non-hydrogen) atoms. The highest BCUT2D eigenvalue weighted by atomic mass is 32.1. The summed E-state index contributed by atoms with van der Waals surface area (Å²) >= 11 is 1.44. The van der Waals surface area contributed by atoms with Crippen LogP contribution in [0.4, 0.5) is 4.39 Å². The van der Waals surface area contributed by atoms with Crippen molar-refractivity contribution in [3.8, 4) is 16.3 Å². The first-order valence-corrected chi connectivity index (χ1v) is 9.40. The first-order chi connectivity index (χ1) is 13.5. The molecule has 0 bridgehead atoms. The van der Waals surface area contributed by atoms with Crippen LogP contribution in [0.3, 0.4) is 0 Å². The van der Waals surface area contributed by atoms with E-state index in [-0.39, 0.29) is 12.2 Å². The zero-order chi connectivity index (χ0) is 19.9. The van der Waals surface area contributed by atoms with Crippen molar-refractivity contribution in [3.05, 3.63) is 71.5 Å². The first-order valence-electron chi connectivity index (χ1n) is 8.52. The van der Waals surface area contributed by atoms with Gasteiger partial charge in [-0.05, 0) is 19.1 Å². The van der Waals surface area contributed by atoms with E-state index in [1.807, 2.05) is 30.3 Å². The van der Waals surface area contributed by atoms with Gasteiger partial charge in [0.15, 0.2) is 17.7 Å². The number of aromatic nitrogens is 1. The molecule has 144 valence electrons. The molecule has 0 saturated heterocycles. The second-order valence-corrected chi connectivity index (χ2v) is 6.77. The highest BCUT2D eigenvalue weighted by molar-refractivity contribution is 7.13. The molecule has 6 nitrogen and oxygen atoms in total. The molecule has 0 fully saturated rings. The number of para-hydroxylation sites is 1. The number of thiazole rings is 1. The molecule has 0 radical (unpaired) electrons. The minimum Gasteiger partial charge on any atom is -0.478 e. The maximum absolute atomic E-state index is 13.6. The lowest BCUT2D eigenvalue weighted by Gasteiger charge is -2.15. The molecular weight excluding hydrogens is 381 g/mol. The van der Waals surface area contributed by atoms with Gasteiger partial charge in [0.2, 0.25) is 5.91 Å². The van der Waals surface area contributed by atoms with Crippen LogP contribution in [0.5, 0.6) is 5.75 Å². The number of hydrogen-bond acceptors (Lipinski definition) is 5. The molecule has 0 aliphatic carbocycles.